The van der Waals surface area contributed by atoms with Gasteiger partial charge in [0.05, 0.1) is 0 Å². The first-order valence-electron chi connectivity index (χ1n) is 10.6. The Balaban J connectivity index is 0.00000261. The lowest BCUT2D eigenvalue weighted by Crippen LogP contribution is -2.55. The monoisotopic (exact) mass is 492 g/mol. The van der Waals surface area contributed by atoms with Gasteiger partial charge in [0.15, 0.2) is 5.96 Å². The molecular formula is C20H37IN4O2. The van der Waals surface area contributed by atoms with Crippen LogP contribution in [-0.4, -0.2) is 73.6 Å². The number of rotatable bonds is 4. The second-order valence-electron chi connectivity index (χ2n) is 8.15. The molecule has 1 aliphatic carbocycles. The summed E-state index contributed by atoms with van der Waals surface area (Å²) in [4.78, 5) is 21.7. The summed E-state index contributed by atoms with van der Waals surface area (Å²) >= 11 is 0. The van der Waals surface area contributed by atoms with Crippen LogP contribution in [0.15, 0.2) is 4.99 Å². The first-order chi connectivity index (χ1) is 12.7. The number of carbonyl (C=O) groups is 1. The number of nitrogens with one attached hydrogen (secondary N) is 1. The summed E-state index contributed by atoms with van der Waals surface area (Å²) in [7, 11) is 0. The quantitative estimate of drug-likeness (QED) is 0.373. The van der Waals surface area contributed by atoms with Crippen molar-refractivity contribution in [3.8, 4) is 0 Å². The lowest BCUT2D eigenvalue weighted by Gasteiger charge is -2.37. The van der Waals surface area contributed by atoms with Crippen LogP contribution in [0.25, 0.3) is 0 Å². The van der Waals surface area contributed by atoms with Crippen LogP contribution < -0.4 is 5.32 Å². The largest absolute Gasteiger partial charge is 0.368 e. The maximum absolute atomic E-state index is 12.5. The molecular weight excluding hydrogens is 455 g/mol. The highest BCUT2D eigenvalue weighted by atomic mass is 127. The normalized spacial score (nSPS) is 29.4. The van der Waals surface area contributed by atoms with E-state index >= 15 is 0 Å². The molecule has 0 bridgehead atoms. The molecule has 0 spiro atoms. The average Bonchev–Trinajstić information content (AvgIpc) is 3.19. The number of nitrogens with zero attached hydrogens (tertiary/aromatic N) is 3. The zero-order valence-electron chi connectivity index (χ0n) is 17.0. The fourth-order valence-electron chi connectivity index (χ4n) is 4.48. The van der Waals surface area contributed by atoms with Crippen molar-refractivity contribution in [2.24, 2.45) is 16.8 Å². The van der Waals surface area contributed by atoms with Gasteiger partial charge in [0.2, 0.25) is 0 Å². The molecule has 156 valence electrons. The molecule has 1 amide bonds. The van der Waals surface area contributed by atoms with Gasteiger partial charge in [-0.1, -0.05) is 19.8 Å². The van der Waals surface area contributed by atoms with Crippen LogP contribution in [0, 0.1) is 11.8 Å². The molecule has 2 saturated heterocycles. The van der Waals surface area contributed by atoms with Crippen LogP contribution in [0.5, 0.6) is 0 Å². The summed E-state index contributed by atoms with van der Waals surface area (Å²) in [5.74, 6) is 2.78. The van der Waals surface area contributed by atoms with Gasteiger partial charge in [0.1, 0.15) is 6.10 Å². The van der Waals surface area contributed by atoms with Gasteiger partial charge in [-0.15, -0.1) is 24.0 Å². The molecule has 1 saturated carbocycles. The van der Waals surface area contributed by atoms with E-state index in [-0.39, 0.29) is 36.0 Å². The lowest BCUT2D eigenvalue weighted by molar-refractivity contribution is -0.142. The molecule has 3 aliphatic rings. The van der Waals surface area contributed by atoms with E-state index in [9.17, 15) is 4.79 Å². The van der Waals surface area contributed by atoms with Crippen molar-refractivity contribution in [1.29, 1.82) is 0 Å². The van der Waals surface area contributed by atoms with Crippen molar-refractivity contribution in [2.45, 2.75) is 58.5 Å². The number of halogens is 1. The van der Waals surface area contributed by atoms with Gasteiger partial charge in [0, 0.05) is 45.9 Å². The van der Waals surface area contributed by atoms with Crippen molar-refractivity contribution in [1.82, 2.24) is 15.1 Å². The molecule has 3 unspecified atom stereocenters. The van der Waals surface area contributed by atoms with Crippen molar-refractivity contribution in [3.63, 3.8) is 0 Å². The molecule has 27 heavy (non-hydrogen) atoms. The highest BCUT2D eigenvalue weighted by Crippen LogP contribution is 2.28. The summed E-state index contributed by atoms with van der Waals surface area (Å²) < 4.78 is 5.55. The SMILES string of the molecule is CCNC(=NCC1CCCC(C)C1)N1CCN(C(=O)C2CCCO2)CC1.I. The Morgan fingerprint density at radius 2 is 1.85 bits per heavy atom. The van der Waals surface area contributed by atoms with Crippen LogP contribution >= 0.6 is 24.0 Å². The molecule has 0 aromatic rings. The topological polar surface area (TPSA) is 57.2 Å². The number of guanidine groups is 1. The van der Waals surface area contributed by atoms with E-state index in [1.165, 1.54) is 25.7 Å². The Hall–Kier alpha value is -0.570. The van der Waals surface area contributed by atoms with Crippen LogP contribution in [0.4, 0.5) is 0 Å². The summed E-state index contributed by atoms with van der Waals surface area (Å²) in [5, 5.41) is 3.45. The van der Waals surface area contributed by atoms with Gasteiger partial charge in [-0.3, -0.25) is 9.79 Å². The van der Waals surface area contributed by atoms with Gasteiger partial charge < -0.3 is 19.9 Å². The Bertz CT molecular complexity index is 488. The molecule has 1 N–H and O–H groups in total. The van der Waals surface area contributed by atoms with Crippen LogP contribution in [0.1, 0.15) is 52.4 Å². The summed E-state index contributed by atoms with van der Waals surface area (Å²) in [6.07, 6.45) is 7.04. The fourth-order valence-corrected chi connectivity index (χ4v) is 4.48. The number of hydrogen-bond acceptors (Lipinski definition) is 3. The molecule has 0 radical (unpaired) electrons. The zero-order chi connectivity index (χ0) is 18.4. The summed E-state index contributed by atoms with van der Waals surface area (Å²) in [6, 6.07) is 0. The van der Waals surface area contributed by atoms with Gasteiger partial charge in [0.25, 0.3) is 5.91 Å². The minimum atomic E-state index is -0.197. The van der Waals surface area contributed by atoms with E-state index < -0.39 is 0 Å². The van der Waals surface area contributed by atoms with Gasteiger partial charge >= 0.3 is 0 Å². The predicted octanol–water partition coefficient (Wildman–Crippen LogP) is 2.72. The van der Waals surface area contributed by atoms with E-state index in [0.29, 0.717) is 0 Å². The van der Waals surface area contributed by atoms with Crippen molar-refractivity contribution in [3.05, 3.63) is 0 Å². The summed E-state index contributed by atoms with van der Waals surface area (Å²) in [6.45, 7) is 10.3. The highest BCUT2D eigenvalue weighted by Gasteiger charge is 2.31. The fraction of sp³-hybridized carbons (Fsp3) is 0.900. The second kappa shape index (κ2) is 11.4. The van der Waals surface area contributed by atoms with Crippen molar-refractivity contribution < 1.29 is 9.53 Å². The molecule has 2 heterocycles. The third-order valence-electron chi connectivity index (χ3n) is 5.98. The maximum Gasteiger partial charge on any atom is 0.251 e. The molecule has 0 aromatic heterocycles. The van der Waals surface area contributed by atoms with Gasteiger partial charge in [-0.05, 0) is 44.4 Å². The first-order valence-corrected chi connectivity index (χ1v) is 10.6. The van der Waals surface area contributed by atoms with Gasteiger partial charge in [-0.25, -0.2) is 0 Å². The molecule has 7 heteroatoms. The number of carbonyl (C=O) groups excluding carboxylic acids is 1. The van der Waals surface area contributed by atoms with E-state index in [1.54, 1.807) is 0 Å². The molecule has 2 aliphatic heterocycles. The molecule has 6 nitrogen and oxygen atoms in total. The van der Waals surface area contributed by atoms with Gasteiger partial charge in [-0.2, -0.15) is 0 Å². The van der Waals surface area contributed by atoms with E-state index in [1.807, 2.05) is 4.90 Å². The number of hydrogen-bond donors (Lipinski definition) is 1. The van der Waals surface area contributed by atoms with Crippen LogP contribution in [0.3, 0.4) is 0 Å². The maximum atomic E-state index is 12.5. The van der Waals surface area contributed by atoms with Crippen molar-refractivity contribution in [2.75, 3.05) is 45.9 Å². The number of amides is 1. The standard InChI is InChI=1S/C20H36N4O2.HI/c1-3-21-20(22-15-17-7-4-6-16(2)14-17)24-11-9-23(10-12-24)19(25)18-8-5-13-26-18;/h16-18H,3-15H2,1-2H3,(H,21,22);1H. The van der Waals surface area contributed by atoms with Crippen LogP contribution in [-0.2, 0) is 9.53 Å². The Kier molecular flexibility index (Phi) is 9.62. The third kappa shape index (κ3) is 6.48. The minimum absolute atomic E-state index is 0. The highest BCUT2D eigenvalue weighted by molar-refractivity contribution is 14.0. The third-order valence-corrected chi connectivity index (χ3v) is 5.98. The minimum Gasteiger partial charge on any atom is -0.368 e. The number of piperazine rings is 1. The van der Waals surface area contributed by atoms with E-state index in [2.05, 4.69) is 24.1 Å². The smallest absolute Gasteiger partial charge is 0.251 e. The number of ether oxygens (including phenoxy) is 1. The lowest BCUT2D eigenvalue weighted by atomic mass is 9.82. The average molecular weight is 492 g/mol. The molecule has 0 aromatic carbocycles. The molecule has 3 rings (SSSR count). The Morgan fingerprint density at radius 1 is 1.11 bits per heavy atom. The van der Waals surface area contributed by atoms with E-state index in [4.69, 9.17) is 9.73 Å². The first kappa shape index (κ1) is 22.7. The van der Waals surface area contributed by atoms with Crippen LogP contribution in [0.2, 0.25) is 0 Å². The zero-order valence-corrected chi connectivity index (χ0v) is 19.3. The summed E-state index contributed by atoms with van der Waals surface area (Å²) in [5.41, 5.74) is 0. The second-order valence-corrected chi connectivity index (χ2v) is 8.15. The van der Waals surface area contributed by atoms with E-state index in [0.717, 1.165) is 76.5 Å². The Labute approximate surface area is 181 Å². The van der Waals surface area contributed by atoms with Crippen molar-refractivity contribution >= 4 is 35.8 Å². The molecule has 3 fully saturated rings. The number of aliphatic imine (C=N–C) groups is 1. The molecule has 3 atom stereocenters. The Morgan fingerprint density at radius 3 is 2.48 bits per heavy atom. The predicted molar refractivity (Wildman–Crippen MR) is 120 cm³/mol.